The van der Waals surface area contributed by atoms with Crippen molar-refractivity contribution in [1.29, 1.82) is 0 Å². The fraction of sp³-hybridized carbons (Fsp3) is 0.938. The highest BCUT2D eigenvalue weighted by atomic mass is 32.3. The standard InChI is InChI=1S/C48H83N3O38S/c1-12-25(61)32(68)35(71)45(79-12)89-42-34(70)28(64)19(7-54)82-48(42)87-39-21(9-56)83-44(24(31(39)67)51-15(4)59)88-41-29(65)20(8-55)81-47(37(41)73)86-40-22(11-78-90(74,75)76)84-43(23(30(40)66)50-14(3)58)77-10-17(60)26(62)38(16(5-52)49-13(2)57)85-46-36(72)33(69)27(63)18(6-53)80-46/h12,16-48,52-56,60-73H,5-11H2,1-4H3,(H,49,57)(H,50,58)(H,51,59)(H,74,75,76)/t12-,16-,17+,18+,19+,20+,21+,22+,23+,24+,25+,26-,27-,28-,29-,30+,31+,32+,33-,34-,35-,36+,37+,38+,39+,40+,41-,42+,43+,44-,45-,46-,47-,48-/m0/s1. The minimum Gasteiger partial charge on any atom is -0.394 e. The summed E-state index contributed by atoms with van der Waals surface area (Å²) in [5.41, 5.74) is 0. The molecule has 42 heteroatoms. The Balaban J connectivity index is 1.24. The van der Waals surface area contributed by atoms with Gasteiger partial charge in [0, 0.05) is 20.8 Å². The van der Waals surface area contributed by atoms with Gasteiger partial charge in [-0.2, -0.15) is 8.42 Å². The van der Waals surface area contributed by atoms with Crippen molar-refractivity contribution < 1.29 is 185 Å². The lowest BCUT2D eigenvalue weighted by Crippen LogP contribution is -2.70. The van der Waals surface area contributed by atoms with Crippen LogP contribution in [-0.4, -0.2) is 382 Å². The van der Waals surface area contributed by atoms with Crippen molar-refractivity contribution >= 4 is 28.1 Å². The Morgan fingerprint density at radius 1 is 0.467 bits per heavy atom. The van der Waals surface area contributed by atoms with Gasteiger partial charge >= 0.3 is 10.4 Å². The predicted octanol–water partition coefficient (Wildman–Crippen LogP) is -15.4. The van der Waals surface area contributed by atoms with Gasteiger partial charge in [-0.25, -0.2) is 4.18 Å². The molecule has 3 amide bonds. The molecule has 0 radical (unpaired) electrons. The molecule has 34 atom stereocenters. The van der Waals surface area contributed by atoms with Gasteiger partial charge in [-0.15, -0.1) is 0 Å². The third-order valence-corrected chi connectivity index (χ3v) is 16.0. The zero-order chi connectivity index (χ0) is 67.1. The van der Waals surface area contributed by atoms with Crippen LogP contribution in [0.3, 0.4) is 0 Å². The first-order valence-electron chi connectivity index (χ1n) is 28.0. The number of rotatable bonds is 27. The molecule has 0 aromatic carbocycles. The maximum Gasteiger partial charge on any atom is 0.397 e. The van der Waals surface area contributed by atoms with Crippen LogP contribution in [0.1, 0.15) is 27.7 Å². The first-order chi connectivity index (χ1) is 42.2. The van der Waals surface area contributed by atoms with Crippen molar-refractivity contribution in [2.75, 3.05) is 46.2 Å². The second-order valence-corrected chi connectivity index (χ2v) is 23.2. The number of carbonyl (C=O) groups is 3. The minimum absolute atomic E-state index is 0.843. The van der Waals surface area contributed by atoms with Crippen LogP contribution < -0.4 is 16.0 Å². The summed E-state index contributed by atoms with van der Waals surface area (Å²) >= 11 is 0. The number of hydrogen-bond donors (Lipinski definition) is 23. The van der Waals surface area contributed by atoms with E-state index in [0.29, 0.717) is 0 Å². The summed E-state index contributed by atoms with van der Waals surface area (Å²) in [6.07, 6.45) is -62.2. The molecule has 0 aromatic heterocycles. The Labute approximate surface area is 510 Å². The van der Waals surface area contributed by atoms with Gasteiger partial charge in [-0.3, -0.25) is 18.9 Å². The van der Waals surface area contributed by atoms with E-state index in [-0.39, 0.29) is 0 Å². The van der Waals surface area contributed by atoms with E-state index >= 15 is 0 Å². The number of nitrogens with one attached hydrogen (secondary N) is 3. The molecule has 6 heterocycles. The van der Waals surface area contributed by atoms with E-state index in [9.17, 15) is 124 Å². The van der Waals surface area contributed by atoms with Gasteiger partial charge in [0.05, 0.1) is 58.4 Å². The predicted molar refractivity (Wildman–Crippen MR) is 278 cm³/mol. The molecule has 6 aliphatic rings. The molecule has 524 valence electrons. The quantitative estimate of drug-likeness (QED) is 0.0340. The van der Waals surface area contributed by atoms with E-state index in [2.05, 4.69) is 20.1 Å². The van der Waals surface area contributed by atoms with Crippen molar-refractivity contribution in [2.45, 2.75) is 236 Å². The molecule has 0 aliphatic carbocycles. The van der Waals surface area contributed by atoms with Crippen molar-refractivity contribution in [2.24, 2.45) is 0 Å². The SMILES string of the molecule is CC(=O)N[C@H]1[C@H](OC[C@@H](O)[C@H](O)[C@H](O[C@@H]2O[C@H](CO)[C@H](O)[C@H](O)[C@H]2O)[C@H](CO)NC(C)=O)O[C@H](COS(=O)(=O)O)[C@@H](O[C@@H]2O[C@H](CO)[C@H](O)[C@H](O[C@@H]3O[C@H](CO)[C@@H](O[C@@H]4O[C@H](CO)[C@H](O)[C@H](O)[C@H]4O[C@@H]4O[C@@H](C)[C@@H](O)[C@@H](O)[C@@H]4O)[C@H](O)[C@H]3NC(C)=O)[C@H]2O)[C@@H]1O. The van der Waals surface area contributed by atoms with E-state index in [1.165, 1.54) is 6.92 Å². The number of hydrogen-bond acceptors (Lipinski definition) is 37. The summed E-state index contributed by atoms with van der Waals surface area (Å²) in [4.78, 5) is 37.6. The third-order valence-electron chi connectivity index (χ3n) is 15.6. The van der Waals surface area contributed by atoms with Crippen LogP contribution in [0, 0.1) is 0 Å². The lowest BCUT2D eigenvalue weighted by molar-refractivity contribution is -0.390. The fourth-order valence-corrected chi connectivity index (χ4v) is 11.1. The molecule has 0 bridgehead atoms. The molecule has 6 saturated heterocycles. The van der Waals surface area contributed by atoms with Gasteiger partial charge in [-0.05, 0) is 6.92 Å². The Morgan fingerprint density at radius 3 is 1.46 bits per heavy atom. The van der Waals surface area contributed by atoms with E-state index in [0.717, 1.165) is 20.8 Å². The largest absolute Gasteiger partial charge is 0.397 e. The zero-order valence-corrected chi connectivity index (χ0v) is 49.1. The maximum atomic E-state index is 12.8. The first-order valence-corrected chi connectivity index (χ1v) is 29.4. The van der Waals surface area contributed by atoms with E-state index < -0.39 is 283 Å². The van der Waals surface area contributed by atoms with Crippen LogP contribution in [0.25, 0.3) is 0 Å². The van der Waals surface area contributed by atoms with Crippen LogP contribution in [-0.2, 0) is 85.8 Å². The number of aliphatic hydroxyl groups excluding tert-OH is 19. The lowest BCUT2D eigenvalue weighted by atomic mass is 9.94. The third kappa shape index (κ3) is 18.1. The van der Waals surface area contributed by atoms with Gasteiger partial charge in [0.15, 0.2) is 37.7 Å². The normalized spacial score (nSPS) is 44.2. The van der Waals surface area contributed by atoms with E-state index in [1.807, 2.05) is 0 Å². The monoisotopic (exact) mass is 1340 g/mol. The van der Waals surface area contributed by atoms with Crippen LogP contribution in [0.2, 0.25) is 0 Å². The second-order valence-electron chi connectivity index (χ2n) is 22.1. The summed E-state index contributed by atoms with van der Waals surface area (Å²) in [5, 5.41) is 213. The average Bonchev–Trinajstić information content (AvgIpc) is 0.790. The number of carbonyl (C=O) groups excluding carboxylic acids is 3. The molecule has 0 spiro atoms. The molecule has 0 saturated carbocycles. The molecule has 6 aliphatic heterocycles. The topological polar surface area (TPSA) is 646 Å². The van der Waals surface area contributed by atoms with Gasteiger partial charge in [0.2, 0.25) is 17.7 Å². The Hall–Kier alpha value is -2.96. The van der Waals surface area contributed by atoms with Crippen molar-refractivity contribution in [1.82, 2.24) is 16.0 Å². The Bertz CT molecular complexity index is 2380. The highest BCUT2D eigenvalue weighted by molar-refractivity contribution is 7.80. The number of ether oxygens (including phenoxy) is 12. The molecule has 0 unspecified atom stereocenters. The Morgan fingerprint density at radius 2 is 0.911 bits per heavy atom. The van der Waals surface area contributed by atoms with E-state index in [1.54, 1.807) is 0 Å². The molecular weight excluding hydrogens is 1260 g/mol. The lowest BCUT2D eigenvalue weighted by Gasteiger charge is -2.50. The molecule has 41 nitrogen and oxygen atoms in total. The van der Waals surface area contributed by atoms with Gasteiger partial charge < -0.3 is 170 Å². The summed E-state index contributed by atoms with van der Waals surface area (Å²) in [6.45, 7) is -3.65. The summed E-state index contributed by atoms with van der Waals surface area (Å²) in [5.74, 6) is -2.73. The smallest absolute Gasteiger partial charge is 0.394 e. The maximum absolute atomic E-state index is 12.8. The minimum atomic E-state index is -5.43. The van der Waals surface area contributed by atoms with Gasteiger partial charge in [0.1, 0.15) is 159 Å². The van der Waals surface area contributed by atoms with Crippen molar-refractivity contribution in [3.05, 3.63) is 0 Å². The average molecular weight is 1340 g/mol. The van der Waals surface area contributed by atoms with Crippen molar-refractivity contribution in [3.63, 3.8) is 0 Å². The van der Waals surface area contributed by atoms with Crippen LogP contribution in [0.4, 0.5) is 0 Å². The molecular formula is C48H83N3O38S. The number of aliphatic hydroxyl groups is 19. The zero-order valence-electron chi connectivity index (χ0n) is 48.3. The molecule has 6 fully saturated rings. The van der Waals surface area contributed by atoms with Gasteiger partial charge in [-0.1, -0.05) is 0 Å². The van der Waals surface area contributed by atoms with Crippen LogP contribution in [0.15, 0.2) is 0 Å². The van der Waals surface area contributed by atoms with Crippen LogP contribution >= 0.6 is 0 Å². The first kappa shape index (κ1) is 76.1. The fourth-order valence-electron chi connectivity index (χ4n) is 10.8. The molecule has 90 heavy (non-hydrogen) atoms. The van der Waals surface area contributed by atoms with E-state index in [4.69, 9.17) is 56.8 Å². The molecule has 23 N–H and O–H groups in total. The Kier molecular flexibility index (Phi) is 28.0. The number of amides is 3. The summed E-state index contributed by atoms with van der Waals surface area (Å²) in [7, 11) is -5.43. The highest BCUT2D eigenvalue weighted by Gasteiger charge is 2.58. The highest BCUT2D eigenvalue weighted by Crippen LogP contribution is 2.37. The summed E-state index contributed by atoms with van der Waals surface area (Å²) in [6, 6.07) is -5.51. The van der Waals surface area contributed by atoms with Crippen molar-refractivity contribution in [3.8, 4) is 0 Å². The summed E-state index contributed by atoms with van der Waals surface area (Å²) < 4.78 is 107. The second kappa shape index (κ2) is 33.1. The van der Waals surface area contributed by atoms with Crippen LogP contribution in [0.5, 0.6) is 0 Å². The molecule has 6 rings (SSSR count). The van der Waals surface area contributed by atoms with Gasteiger partial charge in [0.25, 0.3) is 0 Å². The molecule has 0 aromatic rings.